The number of carbonyl (C=O) groups is 1. The first-order chi connectivity index (χ1) is 20.4. The molecule has 1 aliphatic heterocycles. The maximum atomic E-state index is 13.8. The van der Waals surface area contributed by atoms with Crippen molar-refractivity contribution in [2.24, 2.45) is 0 Å². The molecule has 1 amide bonds. The van der Waals surface area contributed by atoms with Crippen LogP contribution in [0, 0.1) is 0 Å². The zero-order valence-corrected chi connectivity index (χ0v) is 25.0. The number of morpholine rings is 1. The van der Waals surface area contributed by atoms with Gasteiger partial charge in [0.05, 0.1) is 46.8 Å². The van der Waals surface area contributed by atoms with E-state index < -0.39 is 10.0 Å². The summed E-state index contributed by atoms with van der Waals surface area (Å²) in [5.41, 5.74) is 1.71. The Morgan fingerprint density at radius 1 is 0.976 bits per heavy atom. The lowest BCUT2D eigenvalue weighted by molar-refractivity contribution is -0.132. The van der Waals surface area contributed by atoms with E-state index in [1.807, 2.05) is 48.5 Å². The summed E-state index contributed by atoms with van der Waals surface area (Å²) in [6.07, 6.45) is 3.64. The fourth-order valence-electron chi connectivity index (χ4n) is 4.62. The van der Waals surface area contributed by atoms with Gasteiger partial charge in [0.15, 0.2) is 11.5 Å². The van der Waals surface area contributed by atoms with Gasteiger partial charge in [-0.1, -0.05) is 36.4 Å². The van der Waals surface area contributed by atoms with Gasteiger partial charge in [0.1, 0.15) is 5.76 Å². The third kappa shape index (κ3) is 9.18. The van der Waals surface area contributed by atoms with Crippen molar-refractivity contribution in [3.05, 3.63) is 89.2 Å². The molecule has 226 valence electrons. The van der Waals surface area contributed by atoms with Gasteiger partial charge < -0.3 is 23.5 Å². The van der Waals surface area contributed by atoms with Gasteiger partial charge in [-0.15, -0.1) is 0 Å². The minimum atomic E-state index is -3.90. The number of hydrogen-bond donors (Lipinski definition) is 0. The summed E-state index contributed by atoms with van der Waals surface area (Å²) in [5, 5.41) is 1.18. The number of furan rings is 1. The van der Waals surface area contributed by atoms with E-state index in [4.69, 9.17) is 18.6 Å². The molecule has 10 nitrogen and oxygen atoms in total. The van der Waals surface area contributed by atoms with Crippen molar-refractivity contribution in [1.29, 1.82) is 0 Å². The number of ether oxygens (including phenoxy) is 3. The van der Waals surface area contributed by atoms with Crippen molar-refractivity contribution in [2.45, 2.75) is 13.0 Å². The maximum Gasteiger partial charge on any atom is 0.238 e. The summed E-state index contributed by atoms with van der Waals surface area (Å²) < 4.78 is 50.1. The largest absolute Gasteiger partial charge is 0.493 e. The Hall–Kier alpha value is -3.64. The third-order valence-corrected chi connectivity index (χ3v) is 8.58. The van der Waals surface area contributed by atoms with E-state index in [0.29, 0.717) is 50.0 Å². The smallest absolute Gasteiger partial charge is 0.238 e. The SMILES string of the molecule is COc1ccc(CCN(Cc2ccco2)C(=O)CN(CCN2CCOCC2)S(=O)(=O)C=Cc2ccccc2)cc1OC. The molecule has 0 unspecified atom stereocenters. The molecule has 0 N–H and O–H groups in total. The monoisotopic (exact) mass is 597 g/mol. The summed E-state index contributed by atoms with van der Waals surface area (Å²) in [4.78, 5) is 17.6. The highest BCUT2D eigenvalue weighted by Gasteiger charge is 2.27. The van der Waals surface area contributed by atoms with Crippen LogP contribution >= 0.6 is 0 Å². The molecule has 0 saturated carbocycles. The summed E-state index contributed by atoms with van der Waals surface area (Å²) in [7, 11) is -0.748. The van der Waals surface area contributed by atoms with Crippen LogP contribution in [0.15, 0.2) is 76.8 Å². The third-order valence-electron chi connectivity index (χ3n) is 7.07. The predicted molar refractivity (Wildman–Crippen MR) is 161 cm³/mol. The van der Waals surface area contributed by atoms with Crippen LogP contribution in [-0.2, 0) is 32.5 Å². The summed E-state index contributed by atoms with van der Waals surface area (Å²) >= 11 is 0. The molecule has 1 saturated heterocycles. The molecule has 4 rings (SSSR count). The molecule has 0 atom stereocenters. The van der Waals surface area contributed by atoms with Gasteiger partial charge in [-0.05, 0) is 47.9 Å². The molecule has 3 aromatic rings. The molecular formula is C31H39N3O7S. The zero-order chi connectivity index (χ0) is 29.8. The highest BCUT2D eigenvalue weighted by atomic mass is 32.2. The van der Waals surface area contributed by atoms with Crippen LogP contribution < -0.4 is 9.47 Å². The lowest BCUT2D eigenvalue weighted by Crippen LogP contribution is -2.46. The van der Waals surface area contributed by atoms with Gasteiger partial charge in [0.2, 0.25) is 15.9 Å². The van der Waals surface area contributed by atoms with Gasteiger partial charge in [-0.3, -0.25) is 9.69 Å². The Balaban J connectivity index is 1.52. The quantitative estimate of drug-likeness (QED) is 0.262. The highest BCUT2D eigenvalue weighted by Crippen LogP contribution is 2.28. The first-order valence-corrected chi connectivity index (χ1v) is 15.4. The second-order valence-electron chi connectivity index (χ2n) is 9.88. The number of methoxy groups -OCH3 is 2. The summed E-state index contributed by atoms with van der Waals surface area (Å²) in [6, 6.07) is 18.4. The van der Waals surface area contributed by atoms with E-state index in [1.165, 1.54) is 9.71 Å². The number of nitrogens with zero attached hydrogens (tertiary/aromatic N) is 3. The normalized spacial score (nSPS) is 14.4. The van der Waals surface area contributed by atoms with Crippen molar-refractivity contribution in [1.82, 2.24) is 14.1 Å². The van der Waals surface area contributed by atoms with E-state index in [9.17, 15) is 13.2 Å². The fraction of sp³-hybridized carbons (Fsp3) is 0.387. The number of sulfonamides is 1. The van der Waals surface area contributed by atoms with Crippen molar-refractivity contribution in [2.75, 3.05) is 66.7 Å². The Labute approximate surface area is 248 Å². The van der Waals surface area contributed by atoms with Crippen LogP contribution in [0.25, 0.3) is 6.08 Å². The molecular weight excluding hydrogens is 558 g/mol. The Morgan fingerprint density at radius 2 is 1.74 bits per heavy atom. The molecule has 1 aromatic heterocycles. The Morgan fingerprint density at radius 3 is 2.43 bits per heavy atom. The van der Waals surface area contributed by atoms with E-state index in [1.54, 1.807) is 43.6 Å². The predicted octanol–water partition coefficient (Wildman–Crippen LogP) is 3.50. The maximum absolute atomic E-state index is 13.8. The number of hydrogen-bond acceptors (Lipinski definition) is 8. The average molecular weight is 598 g/mol. The lowest BCUT2D eigenvalue weighted by atomic mass is 10.1. The number of rotatable bonds is 15. The fourth-order valence-corrected chi connectivity index (χ4v) is 5.75. The van der Waals surface area contributed by atoms with Crippen LogP contribution in [0.5, 0.6) is 11.5 Å². The minimum Gasteiger partial charge on any atom is -0.493 e. The molecule has 0 spiro atoms. The Bertz CT molecular complexity index is 1390. The zero-order valence-electron chi connectivity index (χ0n) is 24.2. The Kier molecular flexibility index (Phi) is 11.6. The van der Waals surface area contributed by atoms with Crippen molar-refractivity contribution in [3.8, 4) is 11.5 Å². The molecule has 11 heteroatoms. The molecule has 1 fully saturated rings. The lowest BCUT2D eigenvalue weighted by Gasteiger charge is -2.30. The van der Waals surface area contributed by atoms with Crippen molar-refractivity contribution >= 4 is 22.0 Å². The summed E-state index contributed by atoms with van der Waals surface area (Å²) in [5.74, 6) is 1.52. The number of benzene rings is 2. The molecule has 2 aromatic carbocycles. The van der Waals surface area contributed by atoms with Crippen LogP contribution in [0.3, 0.4) is 0 Å². The van der Waals surface area contributed by atoms with Crippen LogP contribution in [0.4, 0.5) is 0 Å². The highest BCUT2D eigenvalue weighted by molar-refractivity contribution is 7.92. The van der Waals surface area contributed by atoms with E-state index >= 15 is 0 Å². The topological polar surface area (TPSA) is 102 Å². The van der Waals surface area contributed by atoms with Crippen LogP contribution in [-0.4, -0.2) is 95.1 Å². The standard InChI is InChI=1S/C31H39N3O7S/c1-38-29-11-10-27(23-30(29)39-2)12-14-33(24-28-9-6-19-41-28)31(35)25-34(16-15-32-17-20-40-21-18-32)42(36,37)22-13-26-7-4-3-5-8-26/h3-11,13,19,22-23H,12,14-18,20-21,24-25H2,1-2H3. The van der Waals surface area contributed by atoms with Gasteiger partial charge in [0.25, 0.3) is 0 Å². The van der Waals surface area contributed by atoms with Crippen LogP contribution in [0.1, 0.15) is 16.9 Å². The second kappa shape index (κ2) is 15.5. The molecule has 0 bridgehead atoms. The van der Waals surface area contributed by atoms with Crippen LogP contribution in [0.2, 0.25) is 0 Å². The van der Waals surface area contributed by atoms with E-state index in [0.717, 1.165) is 24.2 Å². The minimum absolute atomic E-state index is 0.178. The van der Waals surface area contributed by atoms with E-state index in [2.05, 4.69) is 4.90 Å². The molecule has 42 heavy (non-hydrogen) atoms. The molecule has 2 heterocycles. The number of amides is 1. The molecule has 0 aliphatic carbocycles. The first-order valence-electron chi connectivity index (χ1n) is 13.9. The van der Waals surface area contributed by atoms with E-state index in [-0.39, 0.29) is 25.5 Å². The van der Waals surface area contributed by atoms with Gasteiger partial charge in [-0.2, -0.15) is 4.31 Å². The molecule has 1 aliphatic rings. The van der Waals surface area contributed by atoms with Crippen molar-refractivity contribution < 1.29 is 31.8 Å². The van der Waals surface area contributed by atoms with Gasteiger partial charge >= 0.3 is 0 Å². The second-order valence-corrected chi connectivity index (χ2v) is 11.7. The van der Waals surface area contributed by atoms with Crippen molar-refractivity contribution in [3.63, 3.8) is 0 Å². The molecule has 0 radical (unpaired) electrons. The summed E-state index contributed by atoms with van der Waals surface area (Å²) in [6.45, 7) is 3.60. The first kappa shape index (κ1) is 31.3. The average Bonchev–Trinajstić information content (AvgIpc) is 3.54. The van der Waals surface area contributed by atoms with Gasteiger partial charge in [0, 0.05) is 38.1 Å². The number of carbonyl (C=O) groups excluding carboxylic acids is 1. The van der Waals surface area contributed by atoms with Gasteiger partial charge in [-0.25, -0.2) is 8.42 Å².